The van der Waals surface area contributed by atoms with Crippen LogP contribution in [0.1, 0.15) is 25.5 Å². The Labute approximate surface area is 182 Å². The zero-order valence-corrected chi connectivity index (χ0v) is 17.9. The molecular formula is C16H20N3NaO6S. The summed E-state index contributed by atoms with van der Waals surface area (Å²) in [7, 11) is 0. The fraction of sp³-hybridized carbons (Fsp3) is 0.438. The van der Waals surface area contributed by atoms with E-state index in [-0.39, 0.29) is 35.3 Å². The number of phenols is 1. The second-order valence-electron chi connectivity index (χ2n) is 6.45. The molecule has 1 aromatic carbocycles. The minimum absolute atomic E-state index is 0. The number of amides is 1. The van der Waals surface area contributed by atoms with E-state index in [0.717, 1.165) is 11.8 Å². The molecule has 0 unspecified atom stereocenters. The molecule has 1 aromatic rings. The van der Waals surface area contributed by atoms with Crippen LogP contribution >= 0.6 is 11.8 Å². The van der Waals surface area contributed by atoms with Crippen LogP contribution in [0.15, 0.2) is 24.3 Å². The zero-order valence-electron chi connectivity index (χ0n) is 15.1. The molecule has 1 aliphatic rings. The van der Waals surface area contributed by atoms with Gasteiger partial charge in [0.1, 0.15) is 11.8 Å². The fourth-order valence-electron chi connectivity index (χ4n) is 2.65. The molecule has 2 rings (SSSR count). The molecule has 1 fully saturated rings. The Morgan fingerprint density at radius 2 is 1.85 bits per heavy atom. The maximum Gasteiger partial charge on any atom is 1.00 e. The molecule has 0 aliphatic carbocycles. The molecule has 1 heterocycles. The number of nitrogens with one attached hydrogen (secondary N) is 2. The van der Waals surface area contributed by atoms with Crippen molar-refractivity contribution in [2.75, 3.05) is 0 Å². The molecule has 0 bridgehead atoms. The number of hydrogen-bond donors (Lipinski definition) is 5. The molecule has 142 valence electrons. The smallest absolute Gasteiger partial charge is 0.548 e. The van der Waals surface area contributed by atoms with Crippen LogP contribution < -0.4 is 51.0 Å². The van der Waals surface area contributed by atoms with Gasteiger partial charge in [0, 0.05) is 4.75 Å². The third-order valence-electron chi connectivity index (χ3n) is 4.09. The first-order valence-electron chi connectivity index (χ1n) is 7.75. The Hall–Kier alpha value is -1.30. The van der Waals surface area contributed by atoms with Gasteiger partial charge in [0.05, 0.1) is 17.4 Å². The second-order valence-corrected chi connectivity index (χ2v) is 8.25. The number of aliphatic carboxylic acids is 2. The van der Waals surface area contributed by atoms with E-state index in [2.05, 4.69) is 10.6 Å². The van der Waals surface area contributed by atoms with Crippen molar-refractivity contribution >= 4 is 29.6 Å². The minimum Gasteiger partial charge on any atom is -0.548 e. The third kappa shape index (κ3) is 5.59. The summed E-state index contributed by atoms with van der Waals surface area (Å²) in [5.41, 5.74) is 6.24. The van der Waals surface area contributed by atoms with E-state index in [4.69, 9.17) is 5.73 Å². The molecule has 6 N–H and O–H groups in total. The number of rotatable bonds is 6. The standard InChI is InChI=1S/C16H21N3O6S.Na/c1-16(2)11(15(24)25)19-13(26-16)10(14(22)23)18-12(21)9(17)7-3-5-8(20)6-4-7;/h3-6,9-11,13,19-20H,17H2,1-2H3,(H,18,21)(H,22,23)(H,24,25);/q;+1/p-1/t9-,10+,11+,13-;/m1./s1. The predicted molar refractivity (Wildman–Crippen MR) is 92.0 cm³/mol. The number of aromatic hydroxyl groups is 1. The molecule has 0 saturated carbocycles. The molecule has 4 atom stereocenters. The van der Waals surface area contributed by atoms with Crippen molar-refractivity contribution in [3.8, 4) is 5.75 Å². The van der Waals surface area contributed by atoms with Crippen molar-refractivity contribution in [2.45, 2.75) is 42.1 Å². The van der Waals surface area contributed by atoms with Gasteiger partial charge in [-0.15, -0.1) is 11.8 Å². The van der Waals surface area contributed by atoms with Crippen LogP contribution in [-0.2, 0) is 14.4 Å². The van der Waals surface area contributed by atoms with Crippen molar-refractivity contribution in [3.63, 3.8) is 0 Å². The quantitative estimate of drug-likeness (QED) is 0.293. The van der Waals surface area contributed by atoms with Crippen LogP contribution in [0.25, 0.3) is 0 Å². The maximum absolute atomic E-state index is 12.3. The summed E-state index contributed by atoms with van der Waals surface area (Å²) in [6.45, 7) is 3.29. The van der Waals surface area contributed by atoms with E-state index in [1.807, 2.05) is 0 Å². The Kier molecular flexibility index (Phi) is 8.14. The normalized spacial score (nSPS) is 22.9. The number of carbonyl (C=O) groups excluding carboxylic acids is 2. The molecule has 9 nitrogen and oxygen atoms in total. The van der Waals surface area contributed by atoms with Gasteiger partial charge in [-0.05, 0) is 31.5 Å². The summed E-state index contributed by atoms with van der Waals surface area (Å²) in [6, 6.07) is 2.02. The number of carboxylic acid groups (broad SMARTS) is 2. The molecular weight excluding hydrogens is 385 g/mol. The average molecular weight is 405 g/mol. The van der Waals surface area contributed by atoms with Crippen LogP contribution in [0, 0.1) is 0 Å². The number of carbonyl (C=O) groups is 3. The van der Waals surface area contributed by atoms with Crippen molar-refractivity contribution in [3.05, 3.63) is 29.8 Å². The van der Waals surface area contributed by atoms with Crippen molar-refractivity contribution in [1.29, 1.82) is 0 Å². The molecule has 1 amide bonds. The van der Waals surface area contributed by atoms with Gasteiger partial charge in [0.25, 0.3) is 0 Å². The summed E-state index contributed by atoms with van der Waals surface area (Å²) in [6.07, 6.45) is 0. The van der Waals surface area contributed by atoms with Gasteiger partial charge >= 0.3 is 35.5 Å². The summed E-state index contributed by atoms with van der Waals surface area (Å²) in [4.78, 5) is 35.2. The summed E-state index contributed by atoms with van der Waals surface area (Å²) in [5, 5.41) is 34.1. The number of phenolic OH excluding ortho intramolecular Hbond substituents is 1. The van der Waals surface area contributed by atoms with E-state index >= 15 is 0 Å². The van der Waals surface area contributed by atoms with Gasteiger partial charge in [-0.25, -0.2) is 4.79 Å². The van der Waals surface area contributed by atoms with Crippen LogP contribution in [-0.4, -0.2) is 50.3 Å². The Morgan fingerprint density at radius 1 is 1.30 bits per heavy atom. The molecule has 1 aliphatic heterocycles. The number of hydrogen-bond acceptors (Lipinski definition) is 8. The second kappa shape index (κ2) is 9.26. The zero-order chi connectivity index (χ0) is 19.6. The van der Waals surface area contributed by atoms with E-state index in [9.17, 15) is 29.7 Å². The largest absolute Gasteiger partial charge is 1.00 e. The number of benzene rings is 1. The topological polar surface area (TPSA) is 165 Å². The molecule has 1 saturated heterocycles. The van der Waals surface area contributed by atoms with E-state index in [0.29, 0.717) is 5.56 Å². The van der Waals surface area contributed by atoms with Gasteiger partial charge in [0.15, 0.2) is 6.04 Å². The van der Waals surface area contributed by atoms with Gasteiger partial charge in [0.2, 0.25) is 5.91 Å². The van der Waals surface area contributed by atoms with E-state index < -0.39 is 46.1 Å². The number of thioether (sulfide) groups is 1. The van der Waals surface area contributed by atoms with Crippen LogP contribution in [0.3, 0.4) is 0 Å². The van der Waals surface area contributed by atoms with E-state index in [1.54, 1.807) is 13.8 Å². The van der Waals surface area contributed by atoms with Crippen molar-refractivity contribution < 1.29 is 59.3 Å². The third-order valence-corrected chi connectivity index (χ3v) is 5.60. The average Bonchev–Trinajstić information content (AvgIpc) is 2.87. The predicted octanol–water partition coefficient (Wildman–Crippen LogP) is -4.47. The number of carboxylic acids is 2. The summed E-state index contributed by atoms with van der Waals surface area (Å²) < 4.78 is -0.818. The first-order valence-corrected chi connectivity index (χ1v) is 8.63. The number of nitrogens with two attached hydrogens (primary N) is 1. The first kappa shape index (κ1) is 23.7. The summed E-state index contributed by atoms with van der Waals surface area (Å²) in [5.74, 6) is -3.40. The van der Waals surface area contributed by atoms with Gasteiger partial charge in [-0.3, -0.25) is 10.1 Å². The molecule has 11 heteroatoms. The Morgan fingerprint density at radius 3 is 2.30 bits per heavy atom. The Bertz CT molecular complexity index is 715. The SMILES string of the molecule is CC1(C)S[C@H]([C@H](NC(=O)[C@H](N)c2ccc(O)cc2)C(=O)O)N[C@H]1C(=O)[O-].[Na+]. The molecule has 27 heavy (non-hydrogen) atoms. The van der Waals surface area contributed by atoms with E-state index in [1.165, 1.54) is 24.3 Å². The van der Waals surface area contributed by atoms with Gasteiger partial charge < -0.3 is 31.2 Å². The minimum atomic E-state index is -1.39. The first-order chi connectivity index (χ1) is 12.0. The maximum atomic E-state index is 12.3. The Balaban J connectivity index is 0.00000364. The van der Waals surface area contributed by atoms with Crippen LogP contribution in [0.4, 0.5) is 0 Å². The molecule has 0 radical (unpaired) electrons. The van der Waals surface area contributed by atoms with Gasteiger partial charge in [-0.1, -0.05) is 12.1 Å². The molecule has 0 spiro atoms. The van der Waals surface area contributed by atoms with Gasteiger partial charge in [-0.2, -0.15) is 0 Å². The monoisotopic (exact) mass is 405 g/mol. The van der Waals surface area contributed by atoms with Crippen LogP contribution in [0.2, 0.25) is 0 Å². The fourth-order valence-corrected chi connectivity index (χ4v) is 4.13. The molecule has 0 aromatic heterocycles. The van der Waals surface area contributed by atoms with Crippen molar-refractivity contribution in [1.82, 2.24) is 10.6 Å². The van der Waals surface area contributed by atoms with Crippen LogP contribution in [0.5, 0.6) is 5.75 Å². The van der Waals surface area contributed by atoms with Crippen molar-refractivity contribution in [2.24, 2.45) is 5.73 Å². The summed E-state index contributed by atoms with van der Waals surface area (Å²) >= 11 is 1.09.